The molecule has 0 saturated heterocycles. The zero-order valence-corrected chi connectivity index (χ0v) is 11.6. The number of nitrogens with zero attached hydrogens (tertiary/aromatic N) is 1. The molecule has 0 N–H and O–H groups in total. The summed E-state index contributed by atoms with van der Waals surface area (Å²) in [6, 6.07) is 3.45. The van der Waals surface area contributed by atoms with E-state index in [0.29, 0.717) is 6.04 Å². The number of thiophene rings is 1. The highest BCUT2D eigenvalue weighted by molar-refractivity contribution is 8.15. The molecule has 0 atom stereocenters. The Hall–Kier alpha value is -0.590. The van der Waals surface area contributed by atoms with E-state index < -0.39 is 9.05 Å². The molecule has 94 valence electrons. The van der Waals surface area contributed by atoms with Gasteiger partial charge in [-0.05, 0) is 25.0 Å². The molecule has 1 aliphatic carbocycles. The predicted molar refractivity (Wildman–Crippen MR) is 66.9 cm³/mol. The smallest absolute Gasteiger partial charge is 0.270 e. The van der Waals surface area contributed by atoms with E-state index >= 15 is 0 Å². The second kappa shape index (κ2) is 4.59. The number of carbonyl (C=O) groups is 1. The van der Waals surface area contributed by atoms with Crippen molar-refractivity contribution >= 4 is 37.0 Å². The molecular formula is C10H12ClNO3S2. The van der Waals surface area contributed by atoms with Gasteiger partial charge in [0.2, 0.25) is 5.91 Å². The maximum Gasteiger partial charge on any atom is 0.270 e. The highest BCUT2D eigenvalue weighted by Crippen LogP contribution is 2.28. The molecule has 1 saturated carbocycles. The van der Waals surface area contributed by atoms with E-state index in [9.17, 15) is 13.2 Å². The SMILES string of the molecule is CN(C(=O)Cc1ccc(S(=O)(=O)Cl)s1)C1CC1. The molecule has 0 unspecified atom stereocenters. The van der Waals surface area contributed by atoms with E-state index in [4.69, 9.17) is 10.7 Å². The van der Waals surface area contributed by atoms with E-state index in [1.54, 1.807) is 18.0 Å². The summed E-state index contributed by atoms with van der Waals surface area (Å²) in [7, 11) is 3.33. The lowest BCUT2D eigenvalue weighted by atomic mass is 10.3. The van der Waals surface area contributed by atoms with Crippen molar-refractivity contribution in [3.8, 4) is 0 Å². The van der Waals surface area contributed by atoms with Crippen LogP contribution in [-0.4, -0.2) is 32.3 Å². The van der Waals surface area contributed by atoms with Crippen molar-refractivity contribution in [2.45, 2.75) is 29.5 Å². The predicted octanol–water partition coefficient (Wildman–Crippen LogP) is 1.84. The van der Waals surface area contributed by atoms with E-state index in [1.165, 1.54) is 6.07 Å². The molecule has 1 amide bonds. The number of hydrogen-bond acceptors (Lipinski definition) is 4. The number of amides is 1. The van der Waals surface area contributed by atoms with Crippen LogP contribution in [0.4, 0.5) is 0 Å². The van der Waals surface area contributed by atoms with Gasteiger partial charge in [0.15, 0.2) is 0 Å². The van der Waals surface area contributed by atoms with Gasteiger partial charge >= 0.3 is 0 Å². The molecule has 7 heteroatoms. The van der Waals surface area contributed by atoms with E-state index in [2.05, 4.69) is 0 Å². The summed E-state index contributed by atoms with van der Waals surface area (Å²) in [4.78, 5) is 14.3. The van der Waals surface area contributed by atoms with Crippen LogP contribution in [0, 0.1) is 0 Å². The number of likely N-dealkylation sites (N-methyl/N-ethyl adjacent to an activating group) is 1. The number of halogens is 1. The van der Waals surface area contributed by atoms with Crippen molar-refractivity contribution in [2.75, 3.05) is 7.05 Å². The fourth-order valence-corrected chi connectivity index (χ4v) is 3.64. The molecule has 0 aromatic carbocycles. The van der Waals surface area contributed by atoms with Gasteiger partial charge in [0.1, 0.15) is 4.21 Å². The number of rotatable bonds is 4. The molecule has 1 aromatic heterocycles. The van der Waals surface area contributed by atoms with Gasteiger partial charge in [-0.2, -0.15) is 0 Å². The van der Waals surface area contributed by atoms with Gasteiger partial charge in [0.25, 0.3) is 9.05 Å². The largest absolute Gasteiger partial charge is 0.342 e. The van der Waals surface area contributed by atoms with Gasteiger partial charge in [-0.15, -0.1) is 11.3 Å². The summed E-state index contributed by atoms with van der Waals surface area (Å²) in [5.74, 6) is 0.0212. The minimum absolute atomic E-state index is 0.0212. The van der Waals surface area contributed by atoms with E-state index in [1.807, 2.05) is 0 Å². The number of carbonyl (C=O) groups excluding carboxylic acids is 1. The molecule has 1 aromatic rings. The third-order valence-electron chi connectivity index (χ3n) is 2.69. The molecular weight excluding hydrogens is 282 g/mol. The zero-order valence-electron chi connectivity index (χ0n) is 9.22. The van der Waals surface area contributed by atoms with Crippen LogP contribution in [0.1, 0.15) is 17.7 Å². The van der Waals surface area contributed by atoms with Gasteiger partial charge in [0, 0.05) is 28.6 Å². The second-order valence-corrected chi connectivity index (χ2v) is 8.03. The average Bonchev–Trinajstić information content (AvgIpc) is 2.96. The molecule has 0 aliphatic heterocycles. The van der Waals surface area contributed by atoms with Crippen molar-refractivity contribution < 1.29 is 13.2 Å². The molecule has 17 heavy (non-hydrogen) atoms. The molecule has 2 rings (SSSR count). The summed E-state index contributed by atoms with van der Waals surface area (Å²) in [6.45, 7) is 0. The van der Waals surface area contributed by atoms with Gasteiger partial charge in [0.05, 0.1) is 6.42 Å². The van der Waals surface area contributed by atoms with Crippen molar-refractivity contribution in [1.29, 1.82) is 0 Å². The van der Waals surface area contributed by atoms with Crippen LogP contribution < -0.4 is 0 Å². The first-order valence-electron chi connectivity index (χ1n) is 5.17. The van der Waals surface area contributed by atoms with Gasteiger partial charge in [-0.1, -0.05) is 0 Å². The quantitative estimate of drug-likeness (QED) is 0.796. The van der Waals surface area contributed by atoms with Crippen LogP contribution in [0.5, 0.6) is 0 Å². The molecule has 4 nitrogen and oxygen atoms in total. The van der Waals surface area contributed by atoms with Gasteiger partial charge in [-0.25, -0.2) is 8.42 Å². The van der Waals surface area contributed by atoms with Gasteiger partial charge in [-0.3, -0.25) is 4.79 Å². The van der Waals surface area contributed by atoms with Crippen LogP contribution in [0.15, 0.2) is 16.3 Å². The molecule has 1 aliphatic rings. The monoisotopic (exact) mass is 293 g/mol. The standard InChI is InChI=1S/C10H12ClNO3S2/c1-12(7-2-3-7)9(13)6-8-4-5-10(16-8)17(11,14)15/h4-5,7H,2-3,6H2,1H3. The maximum atomic E-state index is 11.8. The Morgan fingerprint density at radius 1 is 1.53 bits per heavy atom. The Bertz CT molecular complexity index is 534. The fraction of sp³-hybridized carbons (Fsp3) is 0.500. The van der Waals surface area contributed by atoms with Gasteiger partial charge < -0.3 is 4.90 Å². The lowest BCUT2D eigenvalue weighted by molar-refractivity contribution is -0.129. The Kier molecular flexibility index (Phi) is 3.47. The first-order valence-corrected chi connectivity index (χ1v) is 8.29. The highest BCUT2D eigenvalue weighted by Gasteiger charge is 2.29. The average molecular weight is 294 g/mol. The van der Waals surface area contributed by atoms with E-state index in [-0.39, 0.29) is 16.5 Å². The second-order valence-electron chi connectivity index (χ2n) is 4.07. The topological polar surface area (TPSA) is 54.5 Å². The Morgan fingerprint density at radius 2 is 2.18 bits per heavy atom. The molecule has 0 radical (unpaired) electrons. The van der Waals surface area contributed by atoms with Crippen molar-refractivity contribution in [2.24, 2.45) is 0 Å². The summed E-state index contributed by atoms with van der Waals surface area (Å²) in [5, 5.41) is 0. The summed E-state index contributed by atoms with van der Waals surface area (Å²) >= 11 is 1.05. The Balaban J connectivity index is 2.04. The Labute approximate surface area is 109 Å². The Morgan fingerprint density at radius 3 is 2.65 bits per heavy atom. The lowest BCUT2D eigenvalue weighted by Gasteiger charge is -2.15. The lowest BCUT2D eigenvalue weighted by Crippen LogP contribution is -2.29. The maximum absolute atomic E-state index is 11.8. The van der Waals surface area contributed by atoms with Crippen LogP contribution in [-0.2, 0) is 20.3 Å². The van der Waals surface area contributed by atoms with Crippen LogP contribution in [0.2, 0.25) is 0 Å². The molecule has 0 bridgehead atoms. The molecule has 1 heterocycles. The van der Waals surface area contributed by atoms with Crippen molar-refractivity contribution in [1.82, 2.24) is 4.90 Å². The summed E-state index contributed by atoms with van der Waals surface area (Å²) in [5.41, 5.74) is 0. The van der Waals surface area contributed by atoms with Crippen LogP contribution >= 0.6 is 22.0 Å². The van der Waals surface area contributed by atoms with Crippen LogP contribution in [0.25, 0.3) is 0 Å². The zero-order chi connectivity index (χ0) is 12.6. The summed E-state index contributed by atoms with van der Waals surface area (Å²) < 4.78 is 22.2. The summed E-state index contributed by atoms with van der Waals surface area (Å²) in [6.07, 6.45) is 2.37. The van der Waals surface area contributed by atoms with Crippen LogP contribution in [0.3, 0.4) is 0 Å². The van der Waals surface area contributed by atoms with Crippen molar-refractivity contribution in [3.63, 3.8) is 0 Å². The minimum Gasteiger partial charge on any atom is -0.342 e. The first-order chi connectivity index (χ1) is 7.88. The molecule has 0 spiro atoms. The minimum atomic E-state index is -3.68. The third kappa shape index (κ3) is 3.20. The fourth-order valence-electron chi connectivity index (χ4n) is 1.52. The van der Waals surface area contributed by atoms with E-state index in [0.717, 1.165) is 29.1 Å². The highest BCUT2D eigenvalue weighted by atomic mass is 35.7. The normalized spacial score (nSPS) is 15.9. The first kappa shape index (κ1) is 12.9. The third-order valence-corrected chi connectivity index (χ3v) is 5.87. The molecule has 1 fully saturated rings. The van der Waals surface area contributed by atoms with Crippen molar-refractivity contribution in [3.05, 3.63) is 17.0 Å². The number of hydrogen-bond donors (Lipinski definition) is 0.